The van der Waals surface area contributed by atoms with Crippen molar-refractivity contribution in [3.05, 3.63) is 40.3 Å². The van der Waals surface area contributed by atoms with E-state index < -0.39 is 10.0 Å². The minimum absolute atomic E-state index is 0.0641. The zero-order chi connectivity index (χ0) is 24.2. The third-order valence-electron chi connectivity index (χ3n) is 5.22. The molecule has 0 saturated carbocycles. The molecule has 1 aromatic carbocycles. The van der Waals surface area contributed by atoms with Crippen LogP contribution in [0.15, 0.2) is 34.1 Å². The zero-order valence-corrected chi connectivity index (χ0v) is 19.9. The molecule has 0 aliphatic heterocycles. The van der Waals surface area contributed by atoms with E-state index in [0.29, 0.717) is 35.5 Å². The van der Waals surface area contributed by atoms with E-state index in [1.165, 1.54) is 18.2 Å². The first kappa shape index (κ1) is 24.9. The van der Waals surface area contributed by atoms with Crippen LogP contribution < -0.4 is 10.3 Å². The first-order valence-electron chi connectivity index (χ1n) is 10.9. The van der Waals surface area contributed by atoms with Gasteiger partial charge < -0.3 is 24.5 Å². The fraction of sp³-hybridized carbons (Fsp3) is 0.455. The highest BCUT2D eigenvalue weighted by molar-refractivity contribution is 7.89. The van der Waals surface area contributed by atoms with Crippen LogP contribution in [0.4, 0.5) is 0 Å². The Bertz CT molecular complexity index is 1280. The molecule has 0 aliphatic carbocycles. The van der Waals surface area contributed by atoms with E-state index in [-0.39, 0.29) is 42.6 Å². The number of sulfonamides is 1. The Balaban J connectivity index is 2.22. The molecule has 0 bridgehead atoms. The maximum Gasteiger partial charge on any atom is 0.260 e. The van der Waals surface area contributed by atoms with Crippen molar-refractivity contribution in [2.45, 2.75) is 38.6 Å². The maximum atomic E-state index is 13.2. The number of aliphatic hydroxyl groups is 2. The van der Waals surface area contributed by atoms with Crippen LogP contribution in [-0.4, -0.2) is 70.4 Å². The van der Waals surface area contributed by atoms with Gasteiger partial charge in [0.05, 0.1) is 35.7 Å². The number of H-pyrrole nitrogens is 1. The minimum atomic E-state index is -4.02. The van der Waals surface area contributed by atoms with E-state index in [9.17, 15) is 23.4 Å². The van der Waals surface area contributed by atoms with Crippen LogP contribution in [0.1, 0.15) is 25.8 Å². The summed E-state index contributed by atoms with van der Waals surface area (Å²) >= 11 is 0. The molecular formula is C22H30N4O6S. The molecule has 3 rings (SSSR count). The van der Waals surface area contributed by atoms with Gasteiger partial charge in [-0.05, 0) is 44.0 Å². The zero-order valence-electron chi connectivity index (χ0n) is 19.0. The number of aromatic amines is 1. The highest BCUT2D eigenvalue weighted by atomic mass is 32.2. The monoisotopic (exact) mass is 478 g/mol. The van der Waals surface area contributed by atoms with Gasteiger partial charge in [-0.1, -0.05) is 6.92 Å². The quantitative estimate of drug-likeness (QED) is 0.380. The van der Waals surface area contributed by atoms with E-state index in [2.05, 4.69) is 9.97 Å². The smallest absolute Gasteiger partial charge is 0.260 e. The number of hydrogen-bond donors (Lipinski definition) is 3. The number of hydrogen-bond acceptors (Lipinski definition) is 7. The van der Waals surface area contributed by atoms with Gasteiger partial charge in [-0.3, -0.25) is 4.79 Å². The summed E-state index contributed by atoms with van der Waals surface area (Å²) in [5.41, 5.74) is 1.33. The molecule has 0 aliphatic rings. The topological polar surface area (TPSA) is 138 Å². The number of rotatable bonds is 11. The lowest BCUT2D eigenvalue weighted by molar-refractivity contribution is 0.217. The summed E-state index contributed by atoms with van der Waals surface area (Å²) in [6.45, 7) is 5.61. The summed E-state index contributed by atoms with van der Waals surface area (Å²) in [6, 6.07) is 4.31. The van der Waals surface area contributed by atoms with Crippen molar-refractivity contribution in [3.8, 4) is 17.1 Å². The Morgan fingerprint density at radius 2 is 1.88 bits per heavy atom. The second-order valence-corrected chi connectivity index (χ2v) is 9.50. The van der Waals surface area contributed by atoms with Crippen molar-refractivity contribution >= 4 is 21.1 Å². The third kappa shape index (κ3) is 4.96. The fourth-order valence-corrected chi connectivity index (χ4v) is 5.23. The lowest BCUT2D eigenvalue weighted by Crippen LogP contribution is -2.35. The number of nitrogens with zero attached hydrogens (tertiary/aromatic N) is 3. The van der Waals surface area contributed by atoms with Crippen molar-refractivity contribution in [1.82, 2.24) is 18.8 Å². The standard InChI is InChI=1S/C22H30N4O6S/c1-4-8-25-14-15(3)19-21(25)23-20(24-22(19)29)17-13-16(6-7-18(17)32-5-2)33(30,31)26(9-11-27)10-12-28/h6-7,13-14,27-28H,4-5,8-12H2,1-3H3,(H,23,24,29). The number of aromatic nitrogens is 3. The molecule has 180 valence electrons. The summed E-state index contributed by atoms with van der Waals surface area (Å²) in [4.78, 5) is 20.3. The highest BCUT2D eigenvalue weighted by Gasteiger charge is 2.26. The maximum absolute atomic E-state index is 13.2. The first-order chi connectivity index (χ1) is 15.8. The molecule has 3 aromatic rings. The Kier molecular flexibility index (Phi) is 7.90. The average Bonchev–Trinajstić information content (AvgIpc) is 3.10. The van der Waals surface area contributed by atoms with Crippen molar-refractivity contribution in [2.24, 2.45) is 0 Å². The van der Waals surface area contributed by atoms with E-state index in [4.69, 9.17) is 4.74 Å². The fourth-order valence-electron chi connectivity index (χ4n) is 3.78. The number of nitrogens with one attached hydrogen (secondary N) is 1. The van der Waals surface area contributed by atoms with Crippen molar-refractivity contribution < 1.29 is 23.4 Å². The van der Waals surface area contributed by atoms with Crippen LogP contribution in [-0.2, 0) is 16.6 Å². The normalized spacial score (nSPS) is 12.1. The van der Waals surface area contributed by atoms with Gasteiger partial charge in [0, 0.05) is 25.8 Å². The van der Waals surface area contributed by atoms with Crippen LogP contribution in [0.25, 0.3) is 22.4 Å². The van der Waals surface area contributed by atoms with E-state index in [0.717, 1.165) is 16.3 Å². The molecule has 3 N–H and O–H groups in total. The van der Waals surface area contributed by atoms with E-state index in [1.54, 1.807) is 6.92 Å². The Hall–Kier alpha value is -2.73. The summed E-state index contributed by atoms with van der Waals surface area (Å²) < 4.78 is 34.9. The largest absolute Gasteiger partial charge is 0.493 e. The predicted molar refractivity (Wildman–Crippen MR) is 125 cm³/mol. The second-order valence-electron chi connectivity index (χ2n) is 7.56. The lowest BCUT2D eigenvalue weighted by Gasteiger charge is -2.21. The second kappa shape index (κ2) is 10.5. The summed E-state index contributed by atoms with van der Waals surface area (Å²) in [6.07, 6.45) is 2.74. The summed E-state index contributed by atoms with van der Waals surface area (Å²) in [5.74, 6) is 0.569. The number of benzene rings is 1. The molecule has 0 unspecified atom stereocenters. The summed E-state index contributed by atoms with van der Waals surface area (Å²) in [7, 11) is -4.02. The average molecular weight is 479 g/mol. The molecule has 0 amide bonds. The highest BCUT2D eigenvalue weighted by Crippen LogP contribution is 2.32. The molecule has 2 aromatic heterocycles. The Morgan fingerprint density at radius 1 is 1.18 bits per heavy atom. The van der Waals surface area contributed by atoms with Crippen LogP contribution in [0.5, 0.6) is 5.75 Å². The molecule has 33 heavy (non-hydrogen) atoms. The number of ether oxygens (including phenoxy) is 1. The molecular weight excluding hydrogens is 448 g/mol. The first-order valence-corrected chi connectivity index (χ1v) is 12.3. The minimum Gasteiger partial charge on any atom is -0.493 e. The van der Waals surface area contributed by atoms with Gasteiger partial charge in [-0.15, -0.1) is 0 Å². The van der Waals surface area contributed by atoms with Gasteiger partial charge in [0.15, 0.2) is 0 Å². The molecule has 0 atom stereocenters. The van der Waals surface area contributed by atoms with Gasteiger partial charge in [-0.2, -0.15) is 4.31 Å². The van der Waals surface area contributed by atoms with E-state index >= 15 is 0 Å². The van der Waals surface area contributed by atoms with Crippen molar-refractivity contribution in [3.63, 3.8) is 0 Å². The molecule has 0 radical (unpaired) electrons. The number of fused-ring (bicyclic) bond motifs is 1. The van der Waals surface area contributed by atoms with E-state index in [1.807, 2.05) is 24.6 Å². The van der Waals surface area contributed by atoms with Crippen molar-refractivity contribution in [2.75, 3.05) is 32.9 Å². The Morgan fingerprint density at radius 3 is 2.48 bits per heavy atom. The van der Waals surface area contributed by atoms with Gasteiger partial charge >= 0.3 is 0 Å². The number of aliphatic hydroxyl groups excluding tert-OH is 2. The summed E-state index contributed by atoms with van der Waals surface area (Å²) in [5, 5.41) is 19.0. The van der Waals surface area contributed by atoms with Gasteiger partial charge in [0.1, 0.15) is 17.2 Å². The van der Waals surface area contributed by atoms with Crippen LogP contribution in [0.2, 0.25) is 0 Å². The predicted octanol–water partition coefficient (Wildman–Crippen LogP) is 1.48. The molecule has 11 heteroatoms. The molecule has 0 spiro atoms. The Labute approximate surface area is 192 Å². The van der Waals surface area contributed by atoms with Crippen molar-refractivity contribution in [1.29, 1.82) is 0 Å². The van der Waals surface area contributed by atoms with Crippen LogP contribution in [0.3, 0.4) is 0 Å². The molecule has 0 saturated heterocycles. The number of aryl methyl sites for hydroxylation is 2. The third-order valence-corrected chi connectivity index (χ3v) is 7.12. The van der Waals surface area contributed by atoms with Gasteiger partial charge in [0.2, 0.25) is 10.0 Å². The molecule has 2 heterocycles. The SMILES string of the molecule is CCCn1cc(C)c2c(=O)[nH]c(-c3cc(S(=O)(=O)N(CCO)CCO)ccc3OCC)nc21. The van der Waals surface area contributed by atoms with Crippen LogP contribution in [0, 0.1) is 6.92 Å². The van der Waals surface area contributed by atoms with Crippen LogP contribution >= 0.6 is 0 Å². The van der Waals surface area contributed by atoms with Gasteiger partial charge in [-0.25, -0.2) is 13.4 Å². The van der Waals surface area contributed by atoms with Gasteiger partial charge in [0.25, 0.3) is 5.56 Å². The lowest BCUT2D eigenvalue weighted by atomic mass is 10.1. The molecule has 0 fully saturated rings. The molecule has 10 nitrogen and oxygen atoms in total.